The van der Waals surface area contributed by atoms with Crippen molar-refractivity contribution in [1.82, 2.24) is 15.5 Å². The fraction of sp³-hybridized carbons (Fsp3) is 0.667. The standard InChI is InChI=1S/C21H33FN4O.HI/c1-16(27-20-9-7-17(22)8-10-20)15-24-21(23-2)25-18-11-13-26(14-12-18)19-5-3-4-6-19;/h7-10,16,18-19H,3-6,11-15H2,1-2H3,(H2,23,24,25);1H. The van der Waals surface area contributed by atoms with Crippen molar-refractivity contribution >= 4 is 29.9 Å². The van der Waals surface area contributed by atoms with Gasteiger partial charge in [-0.25, -0.2) is 4.39 Å². The molecule has 2 fully saturated rings. The number of ether oxygens (including phenoxy) is 1. The molecule has 0 aromatic heterocycles. The van der Waals surface area contributed by atoms with E-state index >= 15 is 0 Å². The lowest BCUT2D eigenvalue weighted by Crippen LogP contribution is -2.51. The molecule has 0 spiro atoms. The zero-order valence-corrected chi connectivity index (χ0v) is 19.3. The number of likely N-dealkylation sites (tertiary alicyclic amines) is 1. The van der Waals surface area contributed by atoms with Gasteiger partial charge in [0.2, 0.25) is 0 Å². The van der Waals surface area contributed by atoms with Crippen LogP contribution in [0.5, 0.6) is 5.75 Å². The number of halogens is 2. The van der Waals surface area contributed by atoms with Crippen LogP contribution in [0, 0.1) is 5.82 Å². The van der Waals surface area contributed by atoms with Crippen LogP contribution in [0.1, 0.15) is 45.4 Å². The van der Waals surface area contributed by atoms with E-state index in [4.69, 9.17) is 4.74 Å². The first-order chi connectivity index (χ1) is 13.1. The summed E-state index contributed by atoms with van der Waals surface area (Å²) in [4.78, 5) is 7.03. The summed E-state index contributed by atoms with van der Waals surface area (Å²) < 4.78 is 18.8. The third-order valence-electron chi connectivity index (χ3n) is 5.64. The molecule has 2 aliphatic rings. The van der Waals surface area contributed by atoms with Gasteiger partial charge in [0.1, 0.15) is 17.7 Å². The van der Waals surface area contributed by atoms with Crippen molar-refractivity contribution in [2.45, 2.75) is 63.6 Å². The Kier molecular flexibility index (Phi) is 9.77. The van der Waals surface area contributed by atoms with Gasteiger partial charge in [-0.05, 0) is 56.9 Å². The van der Waals surface area contributed by atoms with Crippen LogP contribution in [0.15, 0.2) is 29.3 Å². The lowest BCUT2D eigenvalue weighted by Gasteiger charge is -2.36. The van der Waals surface area contributed by atoms with Gasteiger partial charge in [-0.1, -0.05) is 12.8 Å². The van der Waals surface area contributed by atoms with E-state index in [1.54, 1.807) is 19.2 Å². The second-order valence-electron chi connectivity index (χ2n) is 7.73. The van der Waals surface area contributed by atoms with E-state index in [9.17, 15) is 4.39 Å². The molecule has 158 valence electrons. The quantitative estimate of drug-likeness (QED) is 0.352. The number of nitrogens with zero attached hydrogens (tertiary/aromatic N) is 2. The summed E-state index contributed by atoms with van der Waals surface area (Å²) in [5, 5.41) is 6.89. The second kappa shape index (κ2) is 11.8. The maximum Gasteiger partial charge on any atom is 0.191 e. The van der Waals surface area contributed by atoms with Gasteiger partial charge < -0.3 is 20.3 Å². The summed E-state index contributed by atoms with van der Waals surface area (Å²) in [5.41, 5.74) is 0. The van der Waals surface area contributed by atoms with Gasteiger partial charge in [0.05, 0.1) is 6.54 Å². The van der Waals surface area contributed by atoms with Gasteiger partial charge in [0, 0.05) is 32.2 Å². The van der Waals surface area contributed by atoms with Crippen LogP contribution in [-0.4, -0.2) is 55.7 Å². The molecular formula is C21H34FIN4O. The van der Waals surface area contributed by atoms with E-state index in [0.717, 1.165) is 12.0 Å². The Hall–Kier alpha value is -1.09. The third kappa shape index (κ3) is 7.06. The van der Waals surface area contributed by atoms with Crippen molar-refractivity contribution in [3.8, 4) is 5.75 Å². The molecule has 28 heavy (non-hydrogen) atoms. The van der Waals surface area contributed by atoms with Crippen LogP contribution in [0.4, 0.5) is 4.39 Å². The topological polar surface area (TPSA) is 48.9 Å². The van der Waals surface area contributed by atoms with E-state index in [-0.39, 0.29) is 35.9 Å². The summed E-state index contributed by atoms with van der Waals surface area (Å²) >= 11 is 0. The molecule has 0 radical (unpaired) electrons. The van der Waals surface area contributed by atoms with Gasteiger partial charge in [-0.2, -0.15) is 0 Å². The van der Waals surface area contributed by atoms with Gasteiger partial charge >= 0.3 is 0 Å². The highest BCUT2D eigenvalue weighted by Gasteiger charge is 2.27. The molecule has 3 rings (SSSR count). The van der Waals surface area contributed by atoms with Crippen molar-refractivity contribution in [3.05, 3.63) is 30.1 Å². The number of hydrogen-bond donors (Lipinski definition) is 2. The maximum absolute atomic E-state index is 13.0. The van der Waals surface area contributed by atoms with Gasteiger partial charge in [-0.15, -0.1) is 24.0 Å². The number of rotatable bonds is 6. The van der Waals surface area contributed by atoms with Crippen LogP contribution >= 0.6 is 24.0 Å². The molecular weight excluding hydrogens is 470 g/mol. The molecule has 1 aromatic carbocycles. The molecule has 0 amide bonds. The number of benzene rings is 1. The molecule has 5 nitrogen and oxygen atoms in total. The minimum absolute atomic E-state index is 0. The number of nitrogens with one attached hydrogen (secondary N) is 2. The van der Waals surface area contributed by atoms with E-state index in [1.807, 2.05) is 6.92 Å². The van der Waals surface area contributed by atoms with Crippen molar-refractivity contribution < 1.29 is 9.13 Å². The number of aliphatic imine (C=N–C) groups is 1. The van der Waals surface area contributed by atoms with Crippen LogP contribution in [0.3, 0.4) is 0 Å². The highest BCUT2D eigenvalue weighted by Crippen LogP contribution is 2.26. The molecule has 1 aliphatic carbocycles. The number of piperidine rings is 1. The molecule has 1 atom stereocenters. The van der Waals surface area contributed by atoms with Crippen LogP contribution in [0.25, 0.3) is 0 Å². The fourth-order valence-electron chi connectivity index (χ4n) is 4.09. The van der Waals surface area contributed by atoms with Crippen LogP contribution < -0.4 is 15.4 Å². The molecule has 1 saturated heterocycles. The summed E-state index contributed by atoms with van der Waals surface area (Å²) in [6, 6.07) is 7.42. The molecule has 1 unspecified atom stereocenters. The summed E-state index contributed by atoms with van der Waals surface area (Å²) in [7, 11) is 1.80. The Balaban J connectivity index is 0.00000280. The normalized spacial score (nSPS) is 20.5. The summed E-state index contributed by atoms with van der Waals surface area (Å²) in [6.07, 6.45) is 7.85. The first-order valence-electron chi connectivity index (χ1n) is 10.3. The van der Waals surface area contributed by atoms with Crippen molar-refractivity contribution in [2.24, 2.45) is 4.99 Å². The molecule has 1 aromatic rings. The first kappa shape index (κ1) is 23.2. The zero-order valence-electron chi connectivity index (χ0n) is 17.0. The zero-order chi connectivity index (χ0) is 19.1. The van der Waals surface area contributed by atoms with E-state index in [2.05, 4.69) is 20.5 Å². The maximum atomic E-state index is 13.0. The van der Waals surface area contributed by atoms with E-state index in [0.29, 0.717) is 18.3 Å². The van der Waals surface area contributed by atoms with Crippen molar-refractivity contribution in [2.75, 3.05) is 26.7 Å². The molecule has 1 aliphatic heterocycles. The molecule has 1 heterocycles. The van der Waals surface area contributed by atoms with Crippen LogP contribution in [-0.2, 0) is 0 Å². The van der Waals surface area contributed by atoms with E-state index in [1.165, 1.54) is 63.7 Å². The Labute approximate surface area is 185 Å². The number of hydrogen-bond acceptors (Lipinski definition) is 3. The average molecular weight is 504 g/mol. The lowest BCUT2D eigenvalue weighted by molar-refractivity contribution is 0.150. The van der Waals surface area contributed by atoms with Crippen LogP contribution in [0.2, 0.25) is 0 Å². The third-order valence-corrected chi connectivity index (χ3v) is 5.64. The predicted octanol–water partition coefficient (Wildman–Crippen LogP) is 3.78. The molecule has 7 heteroatoms. The minimum atomic E-state index is -0.253. The first-order valence-corrected chi connectivity index (χ1v) is 10.3. The summed E-state index contributed by atoms with van der Waals surface area (Å²) in [5.74, 6) is 1.24. The molecule has 1 saturated carbocycles. The highest BCUT2D eigenvalue weighted by molar-refractivity contribution is 14.0. The smallest absolute Gasteiger partial charge is 0.191 e. The molecule has 2 N–H and O–H groups in total. The van der Waals surface area contributed by atoms with E-state index < -0.39 is 0 Å². The Morgan fingerprint density at radius 3 is 2.43 bits per heavy atom. The molecule has 0 bridgehead atoms. The van der Waals surface area contributed by atoms with Gasteiger partial charge in [0.25, 0.3) is 0 Å². The van der Waals surface area contributed by atoms with Crippen molar-refractivity contribution in [1.29, 1.82) is 0 Å². The Morgan fingerprint density at radius 1 is 1.18 bits per heavy atom. The average Bonchev–Trinajstić information content (AvgIpc) is 3.22. The monoisotopic (exact) mass is 504 g/mol. The highest BCUT2D eigenvalue weighted by atomic mass is 127. The summed E-state index contributed by atoms with van der Waals surface area (Å²) in [6.45, 7) is 4.99. The Bertz CT molecular complexity index is 599. The SMILES string of the molecule is CN=C(NCC(C)Oc1ccc(F)cc1)NC1CCN(C2CCCC2)CC1.I. The van der Waals surface area contributed by atoms with Crippen molar-refractivity contribution in [3.63, 3.8) is 0 Å². The largest absolute Gasteiger partial charge is 0.489 e. The number of guanidine groups is 1. The lowest BCUT2D eigenvalue weighted by atomic mass is 10.0. The predicted molar refractivity (Wildman–Crippen MR) is 123 cm³/mol. The van der Waals surface area contributed by atoms with Gasteiger partial charge in [0.15, 0.2) is 5.96 Å². The minimum Gasteiger partial charge on any atom is -0.489 e. The second-order valence-corrected chi connectivity index (χ2v) is 7.73. The fourth-order valence-corrected chi connectivity index (χ4v) is 4.09. The Morgan fingerprint density at radius 2 is 1.82 bits per heavy atom. The van der Waals surface area contributed by atoms with Gasteiger partial charge in [-0.3, -0.25) is 4.99 Å².